The minimum Gasteiger partial charge on any atom is -0.406 e. The second-order valence-electron chi connectivity index (χ2n) is 7.10. The van der Waals surface area contributed by atoms with Crippen LogP contribution in [0.25, 0.3) is 0 Å². The van der Waals surface area contributed by atoms with Crippen LogP contribution in [-0.4, -0.2) is 8.32 Å². The Labute approximate surface area is 144 Å². The molecule has 23 heavy (non-hydrogen) atoms. The van der Waals surface area contributed by atoms with Gasteiger partial charge in [-0.1, -0.05) is 67.3 Å². The molecule has 0 aromatic heterocycles. The Bertz CT molecular complexity index is 490. The molecule has 0 amide bonds. The van der Waals surface area contributed by atoms with Gasteiger partial charge in [-0.2, -0.15) is 0 Å². The number of benzene rings is 1. The Kier molecular flexibility index (Phi) is 8.57. The van der Waals surface area contributed by atoms with E-state index in [1.54, 1.807) is 0 Å². The molecule has 0 N–H and O–H groups in total. The number of allylic oxidation sites excluding steroid dienone is 1. The maximum Gasteiger partial charge on any atom is 0.214 e. The third kappa shape index (κ3) is 7.32. The molecule has 0 heterocycles. The van der Waals surface area contributed by atoms with E-state index in [0.717, 1.165) is 18.4 Å². The molecule has 1 aromatic rings. The van der Waals surface area contributed by atoms with Crippen molar-refractivity contribution in [3.8, 4) is 0 Å². The first kappa shape index (κ1) is 19.9. The monoisotopic (exact) mass is 330 g/mol. The lowest BCUT2D eigenvalue weighted by atomic mass is 10.0. The molecule has 0 fully saturated rings. The summed E-state index contributed by atoms with van der Waals surface area (Å²) in [5.74, 6) is 0. The number of rotatable bonds is 11. The second-order valence-corrected chi connectivity index (χ2v) is 11.1. The average Bonchev–Trinajstić information content (AvgIpc) is 2.51. The molecule has 0 aliphatic carbocycles. The lowest BCUT2D eigenvalue weighted by molar-refractivity contribution is 0.198. The van der Waals surface area contributed by atoms with Crippen LogP contribution in [0.1, 0.15) is 64.0 Å². The van der Waals surface area contributed by atoms with Crippen molar-refractivity contribution in [3.05, 3.63) is 59.8 Å². The SMILES string of the molecule is C=C(C)CC(O[Si](C)(C)C(=C)CCCCCC)c1ccccc1. The molecule has 1 rings (SSSR count). The van der Waals surface area contributed by atoms with Gasteiger partial charge in [-0.15, -0.1) is 13.2 Å². The van der Waals surface area contributed by atoms with Crippen molar-refractivity contribution in [2.45, 2.75) is 71.6 Å². The molecule has 0 saturated carbocycles. The number of hydrogen-bond donors (Lipinski definition) is 0. The van der Waals surface area contributed by atoms with E-state index in [0.29, 0.717) is 0 Å². The number of hydrogen-bond acceptors (Lipinski definition) is 1. The van der Waals surface area contributed by atoms with Crippen LogP contribution < -0.4 is 0 Å². The molecule has 0 spiro atoms. The van der Waals surface area contributed by atoms with E-state index >= 15 is 0 Å². The fourth-order valence-electron chi connectivity index (χ4n) is 2.72. The van der Waals surface area contributed by atoms with Crippen molar-refractivity contribution in [1.82, 2.24) is 0 Å². The summed E-state index contributed by atoms with van der Waals surface area (Å²) < 4.78 is 6.63. The first-order chi connectivity index (χ1) is 10.9. The van der Waals surface area contributed by atoms with Gasteiger partial charge in [0.1, 0.15) is 0 Å². The molecule has 1 nitrogen and oxygen atoms in total. The second kappa shape index (κ2) is 9.89. The zero-order chi connectivity index (χ0) is 17.3. The third-order valence-corrected chi connectivity index (χ3v) is 7.15. The molecule has 128 valence electrons. The predicted octanol–water partition coefficient (Wildman–Crippen LogP) is 6.98. The van der Waals surface area contributed by atoms with E-state index in [1.165, 1.54) is 36.4 Å². The van der Waals surface area contributed by atoms with Crippen LogP contribution in [0.2, 0.25) is 13.1 Å². The summed E-state index contributed by atoms with van der Waals surface area (Å²) in [4.78, 5) is 0. The molecule has 2 heteroatoms. The summed E-state index contributed by atoms with van der Waals surface area (Å²) >= 11 is 0. The van der Waals surface area contributed by atoms with Gasteiger partial charge >= 0.3 is 0 Å². The summed E-state index contributed by atoms with van der Waals surface area (Å²) in [7, 11) is -1.92. The maximum atomic E-state index is 6.63. The minimum atomic E-state index is -1.92. The molecule has 0 radical (unpaired) electrons. The van der Waals surface area contributed by atoms with Crippen LogP contribution in [0.5, 0.6) is 0 Å². The van der Waals surface area contributed by atoms with E-state index in [2.05, 4.69) is 70.4 Å². The predicted molar refractivity (Wildman–Crippen MR) is 105 cm³/mol. The molecule has 1 unspecified atom stereocenters. The highest BCUT2D eigenvalue weighted by molar-refractivity contribution is 6.78. The van der Waals surface area contributed by atoms with Crippen LogP contribution in [-0.2, 0) is 4.43 Å². The molecule has 1 aromatic carbocycles. The highest BCUT2D eigenvalue weighted by Gasteiger charge is 2.30. The Hall–Kier alpha value is -1.12. The smallest absolute Gasteiger partial charge is 0.214 e. The molecule has 1 atom stereocenters. The Balaban J connectivity index is 2.72. The minimum absolute atomic E-state index is 0.0998. The first-order valence-electron chi connectivity index (χ1n) is 8.92. The van der Waals surface area contributed by atoms with Gasteiger partial charge in [0, 0.05) is 0 Å². The fraction of sp³-hybridized carbons (Fsp3) is 0.524. The Morgan fingerprint density at radius 2 is 1.74 bits per heavy atom. The molecule has 0 aliphatic rings. The molecule has 0 bridgehead atoms. The molecule has 0 aliphatic heterocycles. The summed E-state index contributed by atoms with van der Waals surface area (Å²) in [6, 6.07) is 10.5. The van der Waals surface area contributed by atoms with Gasteiger partial charge in [0.25, 0.3) is 0 Å². The summed E-state index contributed by atoms with van der Waals surface area (Å²) in [6.07, 6.45) is 7.22. The van der Waals surface area contributed by atoms with E-state index < -0.39 is 8.32 Å². The van der Waals surface area contributed by atoms with E-state index in [9.17, 15) is 0 Å². The van der Waals surface area contributed by atoms with Gasteiger partial charge in [0.15, 0.2) is 0 Å². The number of unbranched alkanes of at least 4 members (excludes halogenated alkanes) is 3. The largest absolute Gasteiger partial charge is 0.406 e. The van der Waals surface area contributed by atoms with Crippen LogP contribution in [0, 0.1) is 0 Å². The molecule has 0 saturated heterocycles. The Morgan fingerprint density at radius 3 is 2.30 bits per heavy atom. The van der Waals surface area contributed by atoms with E-state index in [4.69, 9.17) is 4.43 Å². The highest BCUT2D eigenvalue weighted by atomic mass is 28.4. The topological polar surface area (TPSA) is 9.23 Å². The van der Waals surface area contributed by atoms with Gasteiger partial charge in [-0.05, 0) is 44.8 Å². The van der Waals surface area contributed by atoms with Crippen molar-refractivity contribution in [3.63, 3.8) is 0 Å². The van der Waals surface area contributed by atoms with E-state index in [1.807, 2.05) is 0 Å². The van der Waals surface area contributed by atoms with Crippen LogP contribution in [0.15, 0.2) is 54.3 Å². The maximum absolute atomic E-state index is 6.63. The quantitative estimate of drug-likeness (QED) is 0.241. The van der Waals surface area contributed by atoms with Crippen LogP contribution in [0.3, 0.4) is 0 Å². The van der Waals surface area contributed by atoms with Gasteiger partial charge in [0.05, 0.1) is 6.10 Å². The van der Waals surface area contributed by atoms with Crippen molar-refractivity contribution in [2.24, 2.45) is 0 Å². The zero-order valence-corrected chi connectivity index (χ0v) is 16.5. The van der Waals surface area contributed by atoms with Crippen LogP contribution in [0.4, 0.5) is 0 Å². The summed E-state index contributed by atoms with van der Waals surface area (Å²) in [6.45, 7) is 17.3. The van der Waals surface area contributed by atoms with E-state index in [-0.39, 0.29) is 6.10 Å². The van der Waals surface area contributed by atoms with Crippen LogP contribution >= 0.6 is 0 Å². The van der Waals surface area contributed by atoms with Gasteiger partial charge in [-0.25, -0.2) is 0 Å². The average molecular weight is 331 g/mol. The molecular formula is C21H34OSi. The lowest BCUT2D eigenvalue weighted by Gasteiger charge is -2.31. The highest BCUT2D eigenvalue weighted by Crippen LogP contribution is 2.31. The summed E-state index contributed by atoms with van der Waals surface area (Å²) in [5.41, 5.74) is 2.41. The summed E-state index contributed by atoms with van der Waals surface area (Å²) in [5, 5.41) is 1.33. The normalized spacial score (nSPS) is 12.9. The fourth-order valence-corrected chi connectivity index (χ4v) is 4.59. The standard InChI is InChI=1S/C21H34OSi/c1-7-8-9-11-14-19(4)23(5,6)22-21(17-18(2)3)20-15-12-10-13-16-20/h10,12-13,15-16,21H,2,4,7-9,11,14,17H2,1,3,5-6H3. The molecular weight excluding hydrogens is 296 g/mol. The van der Waals surface area contributed by atoms with Gasteiger partial charge < -0.3 is 4.43 Å². The Morgan fingerprint density at radius 1 is 1.09 bits per heavy atom. The lowest BCUT2D eigenvalue weighted by Crippen LogP contribution is -2.35. The van der Waals surface area contributed by atoms with Crippen molar-refractivity contribution in [1.29, 1.82) is 0 Å². The van der Waals surface area contributed by atoms with Crippen molar-refractivity contribution in [2.75, 3.05) is 0 Å². The zero-order valence-electron chi connectivity index (χ0n) is 15.5. The first-order valence-corrected chi connectivity index (χ1v) is 11.8. The van der Waals surface area contributed by atoms with Crippen molar-refractivity contribution >= 4 is 8.32 Å². The van der Waals surface area contributed by atoms with Gasteiger partial charge in [-0.3, -0.25) is 0 Å². The van der Waals surface area contributed by atoms with Gasteiger partial charge in [0.2, 0.25) is 8.32 Å². The third-order valence-electron chi connectivity index (χ3n) is 4.33. The van der Waals surface area contributed by atoms with Crippen molar-refractivity contribution < 1.29 is 4.43 Å².